The summed E-state index contributed by atoms with van der Waals surface area (Å²) in [5, 5.41) is 2.68. The van der Waals surface area contributed by atoms with E-state index in [-0.39, 0.29) is 0 Å². The predicted molar refractivity (Wildman–Crippen MR) is 29.0 cm³/mol. The minimum absolute atomic E-state index is 0.535. The van der Waals surface area contributed by atoms with E-state index in [1.165, 1.54) is 0 Å². The molecule has 1 nitrogen and oxygen atoms in total. The van der Waals surface area contributed by atoms with Crippen molar-refractivity contribution in [3.63, 3.8) is 0 Å². The second-order valence-electron chi connectivity index (χ2n) is 1.99. The van der Waals surface area contributed by atoms with Gasteiger partial charge in [-0.2, -0.15) is 13.2 Å². The van der Waals surface area contributed by atoms with Gasteiger partial charge in [-0.15, -0.1) is 0 Å². The molecule has 1 rings (SSSR count). The molecule has 0 aromatic carbocycles. The Morgan fingerprint density at radius 1 is 1.33 bits per heavy atom. The SMILES string of the molecule is FC(F)C1=C(C(F)(F)F)[N][C]=C1. The molecule has 0 bridgehead atoms. The van der Waals surface area contributed by atoms with Crippen LogP contribution < -0.4 is 5.32 Å². The van der Waals surface area contributed by atoms with Gasteiger partial charge in [0.05, 0.1) is 11.8 Å². The molecule has 0 atom stereocenters. The van der Waals surface area contributed by atoms with E-state index in [1.807, 2.05) is 0 Å². The standard InChI is InChI=1S/C6H2F5N/c7-5(8)3-1-2-12-4(3)6(9,10)11/h1,5H. The van der Waals surface area contributed by atoms with Crippen LogP contribution in [0.1, 0.15) is 0 Å². The summed E-state index contributed by atoms with van der Waals surface area (Å²) in [5.41, 5.74) is -2.68. The molecule has 1 aliphatic heterocycles. The molecule has 0 amide bonds. The zero-order valence-electron chi connectivity index (χ0n) is 5.49. The van der Waals surface area contributed by atoms with Crippen molar-refractivity contribution in [1.29, 1.82) is 0 Å². The van der Waals surface area contributed by atoms with Gasteiger partial charge in [-0.1, -0.05) is 0 Å². The average molecular weight is 183 g/mol. The van der Waals surface area contributed by atoms with Crippen molar-refractivity contribution in [2.24, 2.45) is 0 Å². The third-order valence-corrected chi connectivity index (χ3v) is 1.17. The van der Waals surface area contributed by atoms with Crippen LogP contribution in [0.3, 0.4) is 0 Å². The van der Waals surface area contributed by atoms with E-state index in [2.05, 4.69) is 5.32 Å². The number of rotatable bonds is 1. The van der Waals surface area contributed by atoms with Crippen LogP contribution >= 0.6 is 0 Å². The molecule has 0 saturated carbocycles. The van der Waals surface area contributed by atoms with Crippen molar-refractivity contribution < 1.29 is 22.0 Å². The molecule has 0 spiro atoms. The highest BCUT2D eigenvalue weighted by Crippen LogP contribution is 2.32. The van der Waals surface area contributed by atoms with Crippen molar-refractivity contribution in [3.8, 4) is 0 Å². The Hall–Kier alpha value is -1.07. The third-order valence-electron chi connectivity index (χ3n) is 1.17. The van der Waals surface area contributed by atoms with E-state index in [4.69, 9.17) is 0 Å². The highest BCUT2D eigenvalue weighted by molar-refractivity contribution is 5.33. The fourth-order valence-corrected chi connectivity index (χ4v) is 0.693. The molecule has 66 valence electrons. The summed E-state index contributed by atoms with van der Waals surface area (Å²) in [6.07, 6.45) is -5.72. The number of hydrogen-bond donors (Lipinski definition) is 0. The molecule has 0 aliphatic carbocycles. The summed E-state index contributed by atoms with van der Waals surface area (Å²) in [7, 11) is 0. The van der Waals surface area contributed by atoms with Gasteiger partial charge in [0, 0.05) is 0 Å². The third kappa shape index (κ3) is 1.57. The minimum Gasteiger partial charge on any atom is -0.241 e. The van der Waals surface area contributed by atoms with Crippen LogP contribution in [0.15, 0.2) is 17.3 Å². The molecule has 6 heteroatoms. The van der Waals surface area contributed by atoms with E-state index in [0.717, 1.165) is 0 Å². The number of nitrogens with zero attached hydrogens (tertiary/aromatic N) is 1. The zero-order chi connectivity index (χ0) is 9.35. The molecule has 0 fully saturated rings. The maximum atomic E-state index is 11.8. The lowest BCUT2D eigenvalue weighted by Gasteiger charge is -2.08. The van der Waals surface area contributed by atoms with Crippen LogP contribution in [0.5, 0.6) is 0 Å². The van der Waals surface area contributed by atoms with E-state index in [9.17, 15) is 22.0 Å². The van der Waals surface area contributed by atoms with Gasteiger partial charge in [-0.3, -0.25) is 0 Å². The molecule has 0 saturated heterocycles. The van der Waals surface area contributed by atoms with E-state index in [0.29, 0.717) is 6.08 Å². The Balaban J connectivity index is 2.97. The number of hydrogen-bond acceptors (Lipinski definition) is 0. The van der Waals surface area contributed by atoms with Crippen molar-refractivity contribution in [2.45, 2.75) is 12.6 Å². The Labute approximate surface area is 64.6 Å². The van der Waals surface area contributed by atoms with E-state index < -0.39 is 23.9 Å². The lowest BCUT2D eigenvalue weighted by atomic mass is 10.2. The molecule has 2 radical (unpaired) electrons. The molecule has 0 aromatic heterocycles. The molecule has 1 heterocycles. The molecule has 0 N–H and O–H groups in total. The van der Waals surface area contributed by atoms with Crippen molar-refractivity contribution in [2.75, 3.05) is 0 Å². The lowest BCUT2D eigenvalue weighted by molar-refractivity contribution is -0.0973. The summed E-state index contributed by atoms with van der Waals surface area (Å²) in [6.45, 7) is 0. The fourth-order valence-electron chi connectivity index (χ4n) is 0.693. The molecule has 12 heavy (non-hydrogen) atoms. The van der Waals surface area contributed by atoms with Gasteiger partial charge in [0.15, 0.2) is 5.70 Å². The van der Waals surface area contributed by atoms with Crippen LogP contribution in [-0.2, 0) is 0 Å². The van der Waals surface area contributed by atoms with Crippen molar-refractivity contribution >= 4 is 0 Å². The fraction of sp³-hybridized carbons (Fsp3) is 0.333. The number of halogens is 5. The maximum Gasteiger partial charge on any atom is 0.433 e. The van der Waals surface area contributed by atoms with Gasteiger partial charge in [-0.25, -0.2) is 14.1 Å². The predicted octanol–water partition coefficient (Wildman–Crippen LogP) is 2.00. The van der Waals surface area contributed by atoms with Crippen molar-refractivity contribution in [1.82, 2.24) is 5.32 Å². The first-order valence-corrected chi connectivity index (χ1v) is 2.82. The molecule has 0 unspecified atom stereocenters. The van der Waals surface area contributed by atoms with Crippen LogP contribution in [0, 0.1) is 6.20 Å². The summed E-state index contributed by atoms with van der Waals surface area (Å²) in [4.78, 5) is 0. The van der Waals surface area contributed by atoms with Crippen LogP contribution in [0.4, 0.5) is 22.0 Å². The Bertz CT molecular complexity index is 237. The highest BCUT2D eigenvalue weighted by atomic mass is 19.4. The smallest absolute Gasteiger partial charge is 0.241 e. The summed E-state index contributed by atoms with van der Waals surface area (Å²) in [6, 6.07) is 0. The van der Waals surface area contributed by atoms with Crippen LogP contribution in [0.2, 0.25) is 0 Å². The van der Waals surface area contributed by atoms with Crippen LogP contribution in [0.25, 0.3) is 0 Å². The van der Waals surface area contributed by atoms with Crippen molar-refractivity contribution in [3.05, 3.63) is 23.5 Å². The zero-order valence-corrected chi connectivity index (χ0v) is 5.49. The van der Waals surface area contributed by atoms with Gasteiger partial charge in [0.1, 0.15) is 0 Å². The largest absolute Gasteiger partial charge is 0.433 e. The van der Waals surface area contributed by atoms with Gasteiger partial charge >= 0.3 is 6.18 Å². The Morgan fingerprint density at radius 2 is 1.92 bits per heavy atom. The van der Waals surface area contributed by atoms with Gasteiger partial charge in [-0.05, 0) is 6.08 Å². The Kier molecular flexibility index (Phi) is 2.08. The molecule has 1 aliphatic rings. The monoisotopic (exact) mass is 183 g/mol. The Morgan fingerprint density at radius 3 is 2.25 bits per heavy atom. The maximum absolute atomic E-state index is 11.8. The lowest BCUT2D eigenvalue weighted by Crippen LogP contribution is -2.19. The quantitative estimate of drug-likeness (QED) is 0.552. The highest BCUT2D eigenvalue weighted by Gasteiger charge is 2.40. The molecule has 0 aromatic rings. The second-order valence-corrected chi connectivity index (χ2v) is 1.99. The van der Waals surface area contributed by atoms with Gasteiger partial charge in [0.25, 0.3) is 6.43 Å². The van der Waals surface area contributed by atoms with E-state index in [1.54, 1.807) is 6.20 Å². The summed E-state index contributed by atoms with van der Waals surface area (Å²) >= 11 is 0. The molecular formula is C6H2F5N. The first-order chi connectivity index (χ1) is 5.43. The normalized spacial score (nSPS) is 17.5. The topological polar surface area (TPSA) is 14.1 Å². The minimum atomic E-state index is -4.83. The average Bonchev–Trinajstić information content (AvgIpc) is 2.30. The first kappa shape index (κ1) is 9.02. The second kappa shape index (κ2) is 2.76. The summed E-state index contributed by atoms with van der Waals surface area (Å²) < 4.78 is 59.1. The first-order valence-electron chi connectivity index (χ1n) is 2.82. The van der Waals surface area contributed by atoms with Crippen LogP contribution in [-0.4, -0.2) is 12.6 Å². The summed E-state index contributed by atoms with van der Waals surface area (Å²) in [5.74, 6) is 0. The van der Waals surface area contributed by atoms with E-state index >= 15 is 0 Å². The molecular weight excluding hydrogens is 181 g/mol. The van der Waals surface area contributed by atoms with Gasteiger partial charge < -0.3 is 0 Å². The number of alkyl halides is 5. The number of allylic oxidation sites excluding steroid dienone is 3. The van der Waals surface area contributed by atoms with Gasteiger partial charge in [0.2, 0.25) is 0 Å².